The van der Waals surface area contributed by atoms with Crippen molar-refractivity contribution >= 4 is 5.97 Å². The van der Waals surface area contributed by atoms with Gasteiger partial charge in [-0.05, 0) is 43.8 Å². The molecule has 0 aromatic heterocycles. The minimum atomic E-state index is -0.661. The predicted octanol–water partition coefficient (Wildman–Crippen LogP) is 2.42. The lowest BCUT2D eigenvalue weighted by Crippen LogP contribution is -2.23. The summed E-state index contributed by atoms with van der Waals surface area (Å²) in [4.78, 5) is 13.0. The molecule has 2 rings (SSSR count). The molecule has 1 aliphatic heterocycles. The summed E-state index contributed by atoms with van der Waals surface area (Å²) in [6.45, 7) is 3.11. The van der Waals surface area contributed by atoms with Crippen LogP contribution in [0.5, 0.6) is 0 Å². The van der Waals surface area contributed by atoms with Gasteiger partial charge in [0.05, 0.1) is 0 Å². The normalized spacial score (nSPS) is 20.1. The molecule has 0 bridgehead atoms. The number of aliphatic carboxylic acids is 1. The SMILES string of the molecule is O=C(O)C[C@@H]1CCN(CCCc2ccccc2)C1. The summed E-state index contributed by atoms with van der Waals surface area (Å²) in [6, 6.07) is 10.5. The van der Waals surface area contributed by atoms with Crippen molar-refractivity contribution in [2.24, 2.45) is 5.92 Å². The van der Waals surface area contributed by atoms with E-state index in [1.807, 2.05) is 6.07 Å². The first-order valence-electron chi connectivity index (χ1n) is 6.72. The lowest BCUT2D eigenvalue weighted by Gasteiger charge is -2.15. The molecule has 0 radical (unpaired) electrons. The first-order valence-corrected chi connectivity index (χ1v) is 6.72. The van der Waals surface area contributed by atoms with Crippen LogP contribution in [-0.4, -0.2) is 35.6 Å². The summed E-state index contributed by atoms with van der Waals surface area (Å²) in [5, 5.41) is 8.77. The Bertz CT molecular complexity index is 377. The highest BCUT2D eigenvalue weighted by Crippen LogP contribution is 2.19. The second-order valence-electron chi connectivity index (χ2n) is 5.14. The standard InChI is InChI=1S/C15H21NO2/c17-15(18)11-14-8-10-16(12-14)9-4-7-13-5-2-1-3-6-13/h1-3,5-6,14H,4,7-12H2,(H,17,18)/t14-/m0/s1. The van der Waals surface area contributed by atoms with Crippen LogP contribution >= 0.6 is 0 Å². The van der Waals surface area contributed by atoms with E-state index in [0.717, 1.165) is 38.9 Å². The molecule has 1 aromatic rings. The van der Waals surface area contributed by atoms with E-state index >= 15 is 0 Å². The summed E-state index contributed by atoms with van der Waals surface area (Å²) in [7, 11) is 0. The molecule has 98 valence electrons. The van der Waals surface area contributed by atoms with Gasteiger partial charge >= 0.3 is 5.97 Å². The maximum atomic E-state index is 10.6. The van der Waals surface area contributed by atoms with Crippen LogP contribution in [0.4, 0.5) is 0 Å². The van der Waals surface area contributed by atoms with Crippen LogP contribution in [0.25, 0.3) is 0 Å². The van der Waals surface area contributed by atoms with Crippen LogP contribution in [-0.2, 0) is 11.2 Å². The van der Waals surface area contributed by atoms with Crippen molar-refractivity contribution in [3.63, 3.8) is 0 Å². The fourth-order valence-corrected chi connectivity index (χ4v) is 2.68. The minimum absolute atomic E-state index is 0.329. The Morgan fingerprint density at radius 3 is 2.83 bits per heavy atom. The van der Waals surface area contributed by atoms with E-state index in [2.05, 4.69) is 29.2 Å². The van der Waals surface area contributed by atoms with Crippen molar-refractivity contribution in [1.29, 1.82) is 0 Å². The van der Waals surface area contributed by atoms with Gasteiger partial charge in [0, 0.05) is 13.0 Å². The third kappa shape index (κ3) is 4.15. The van der Waals surface area contributed by atoms with Gasteiger partial charge in [0.15, 0.2) is 0 Å². The van der Waals surface area contributed by atoms with E-state index < -0.39 is 5.97 Å². The highest BCUT2D eigenvalue weighted by molar-refractivity contribution is 5.67. The van der Waals surface area contributed by atoms with E-state index in [9.17, 15) is 4.79 Å². The van der Waals surface area contributed by atoms with Crippen molar-refractivity contribution in [3.8, 4) is 0 Å². The first kappa shape index (κ1) is 13.1. The number of benzene rings is 1. The molecule has 3 heteroatoms. The summed E-state index contributed by atoms with van der Waals surface area (Å²) < 4.78 is 0. The number of hydrogen-bond acceptors (Lipinski definition) is 2. The summed E-state index contributed by atoms with van der Waals surface area (Å²) in [5.41, 5.74) is 1.39. The Hall–Kier alpha value is -1.35. The molecule has 18 heavy (non-hydrogen) atoms. The zero-order valence-electron chi connectivity index (χ0n) is 10.7. The second-order valence-corrected chi connectivity index (χ2v) is 5.14. The number of likely N-dealkylation sites (tertiary alicyclic amines) is 1. The number of carboxylic acids is 1. The van der Waals surface area contributed by atoms with Crippen LogP contribution in [0.15, 0.2) is 30.3 Å². The molecule has 0 spiro atoms. The van der Waals surface area contributed by atoms with E-state index in [1.165, 1.54) is 5.56 Å². The van der Waals surface area contributed by atoms with Crippen molar-refractivity contribution in [2.75, 3.05) is 19.6 Å². The third-order valence-electron chi connectivity index (χ3n) is 3.62. The molecule has 1 aromatic carbocycles. The van der Waals surface area contributed by atoms with Crippen molar-refractivity contribution in [2.45, 2.75) is 25.7 Å². The quantitative estimate of drug-likeness (QED) is 0.839. The number of carboxylic acid groups (broad SMARTS) is 1. The Morgan fingerprint density at radius 1 is 1.33 bits per heavy atom. The Kier molecular flexibility index (Phi) is 4.76. The molecule has 1 heterocycles. The van der Waals surface area contributed by atoms with Gasteiger partial charge < -0.3 is 10.0 Å². The van der Waals surface area contributed by atoms with Gasteiger partial charge in [0.2, 0.25) is 0 Å². The van der Waals surface area contributed by atoms with Crippen LogP contribution in [0.3, 0.4) is 0 Å². The average molecular weight is 247 g/mol. The molecule has 1 saturated heterocycles. The second kappa shape index (κ2) is 6.55. The molecule has 0 amide bonds. The largest absolute Gasteiger partial charge is 0.481 e. The number of carbonyl (C=O) groups is 1. The van der Waals surface area contributed by atoms with Crippen molar-refractivity contribution in [3.05, 3.63) is 35.9 Å². The van der Waals surface area contributed by atoms with Crippen molar-refractivity contribution in [1.82, 2.24) is 4.90 Å². The predicted molar refractivity (Wildman–Crippen MR) is 71.6 cm³/mol. The number of rotatable bonds is 6. The zero-order chi connectivity index (χ0) is 12.8. The molecule has 0 saturated carbocycles. The lowest BCUT2D eigenvalue weighted by atomic mass is 10.1. The monoisotopic (exact) mass is 247 g/mol. The fraction of sp³-hybridized carbons (Fsp3) is 0.533. The number of aryl methyl sites for hydroxylation is 1. The highest BCUT2D eigenvalue weighted by Gasteiger charge is 2.23. The van der Waals surface area contributed by atoms with Gasteiger partial charge in [-0.1, -0.05) is 30.3 Å². The minimum Gasteiger partial charge on any atom is -0.481 e. The van der Waals surface area contributed by atoms with E-state index in [4.69, 9.17) is 5.11 Å². The molecule has 1 N–H and O–H groups in total. The van der Waals surface area contributed by atoms with Crippen LogP contribution in [0, 0.1) is 5.92 Å². The molecular formula is C15H21NO2. The van der Waals surface area contributed by atoms with Gasteiger partial charge in [-0.25, -0.2) is 0 Å². The smallest absolute Gasteiger partial charge is 0.303 e. The highest BCUT2D eigenvalue weighted by atomic mass is 16.4. The summed E-state index contributed by atoms with van der Waals surface area (Å²) in [6.07, 6.45) is 3.64. The van der Waals surface area contributed by atoms with Crippen LogP contribution < -0.4 is 0 Å². The summed E-state index contributed by atoms with van der Waals surface area (Å²) in [5.74, 6) is -0.301. The molecule has 1 aliphatic rings. The Balaban J connectivity index is 1.65. The van der Waals surface area contributed by atoms with E-state index in [-0.39, 0.29) is 0 Å². The summed E-state index contributed by atoms with van der Waals surface area (Å²) >= 11 is 0. The molecule has 0 unspecified atom stereocenters. The van der Waals surface area contributed by atoms with Crippen LogP contribution in [0.2, 0.25) is 0 Å². The van der Waals surface area contributed by atoms with Gasteiger partial charge in [-0.3, -0.25) is 4.79 Å². The zero-order valence-corrected chi connectivity index (χ0v) is 10.7. The molecule has 0 aliphatic carbocycles. The number of nitrogens with zero attached hydrogens (tertiary/aromatic N) is 1. The Morgan fingerprint density at radius 2 is 2.11 bits per heavy atom. The third-order valence-corrected chi connectivity index (χ3v) is 3.62. The maximum Gasteiger partial charge on any atom is 0.303 e. The molecule has 3 nitrogen and oxygen atoms in total. The van der Waals surface area contributed by atoms with Gasteiger partial charge in [0.25, 0.3) is 0 Å². The molecule has 1 atom stereocenters. The Labute approximate surface area is 108 Å². The lowest BCUT2D eigenvalue weighted by molar-refractivity contribution is -0.138. The van der Waals surface area contributed by atoms with Crippen molar-refractivity contribution < 1.29 is 9.90 Å². The molecular weight excluding hydrogens is 226 g/mol. The number of hydrogen-bond donors (Lipinski definition) is 1. The maximum absolute atomic E-state index is 10.6. The van der Waals surface area contributed by atoms with Crippen LogP contribution in [0.1, 0.15) is 24.8 Å². The molecule has 1 fully saturated rings. The topological polar surface area (TPSA) is 40.5 Å². The van der Waals surface area contributed by atoms with E-state index in [0.29, 0.717) is 12.3 Å². The first-order chi connectivity index (χ1) is 8.74. The average Bonchev–Trinajstić information content (AvgIpc) is 2.77. The van der Waals surface area contributed by atoms with Gasteiger partial charge in [-0.2, -0.15) is 0 Å². The fourth-order valence-electron chi connectivity index (χ4n) is 2.68. The van der Waals surface area contributed by atoms with E-state index in [1.54, 1.807) is 0 Å². The van der Waals surface area contributed by atoms with Gasteiger partial charge in [-0.15, -0.1) is 0 Å². The van der Waals surface area contributed by atoms with Gasteiger partial charge in [0.1, 0.15) is 0 Å².